The summed E-state index contributed by atoms with van der Waals surface area (Å²) in [5, 5.41) is 2.89. The SMILES string of the molecule is FC(F)(F)c1cnc(Nc2cccc(OC3CCCCC3)c2)nc1. The number of nitrogens with one attached hydrogen (secondary N) is 1. The van der Waals surface area contributed by atoms with Gasteiger partial charge >= 0.3 is 6.18 Å². The number of ether oxygens (including phenoxy) is 1. The van der Waals surface area contributed by atoms with E-state index < -0.39 is 11.7 Å². The molecule has 128 valence electrons. The van der Waals surface area contributed by atoms with E-state index in [-0.39, 0.29) is 12.1 Å². The van der Waals surface area contributed by atoms with Crippen LogP contribution in [-0.2, 0) is 6.18 Å². The molecule has 7 heteroatoms. The Labute approximate surface area is 138 Å². The molecule has 1 heterocycles. The Morgan fingerprint density at radius 3 is 2.42 bits per heavy atom. The van der Waals surface area contributed by atoms with Crippen LogP contribution in [0.1, 0.15) is 37.7 Å². The number of rotatable bonds is 4. The zero-order valence-electron chi connectivity index (χ0n) is 13.0. The molecular formula is C17H18F3N3O. The van der Waals surface area contributed by atoms with Gasteiger partial charge in [-0.25, -0.2) is 9.97 Å². The Bertz CT molecular complexity index is 668. The van der Waals surface area contributed by atoms with E-state index in [1.165, 1.54) is 19.3 Å². The molecule has 0 saturated heterocycles. The molecule has 1 saturated carbocycles. The lowest BCUT2D eigenvalue weighted by Crippen LogP contribution is -2.19. The minimum atomic E-state index is -4.44. The monoisotopic (exact) mass is 337 g/mol. The van der Waals surface area contributed by atoms with Gasteiger partial charge in [0.05, 0.1) is 11.7 Å². The van der Waals surface area contributed by atoms with Crippen LogP contribution in [0.4, 0.5) is 24.8 Å². The average molecular weight is 337 g/mol. The van der Waals surface area contributed by atoms with Crippen LogP contribution in [0.25, 0.3) is 0 Å². The van der Waals surface area contributed by atoms with Crippen molar-refractivity contribution in [3.05, 3.63) is 42.2 Å². The van der Waals surface area contributed by atoms with Crippen LogP contribution in [0.3, 0.4) is 0 Å². The molecule has 1 aliphatic carbocycles. The van der Waals surface area contributed by atoms with Gasteiger partial charge in [0.2, 0.25) is 5.95 Å². The van der Waals surface area contributed by atoms with E-state index >= 15 is 0 Å². The molecule has 0 bridgehead atoms. The summed E-state index contributed by atoms with van der Waals surface area (Å²) >= 11 is 0. The standard InChI is InChI=1S/C17H18F3N3O/c18-17(19,20)12-10-21-16(22-11-12)23-13-5-4-8-15(9-13)24-14-6-2-1-3-7-14/h4-5,8-11,14H,1-3,6-7H2,(H,21,22,23). The molecule has 1 aliphatic rings. The van der Waals surface area contributed by atoms with Gasteiger partial charge in [-0.2, -0.15) is 13.2 Å². The molecule has 2 aromatic rings. The summed E-state index contributed by atoms with van der Waals surface area (Å²) in [6, 6.07) is 7.28. The third-order valence-corrected chi connectivity index (χ3v) is 3.92. The summed E-state index contributed by atoms with van der Waals surface area (Å²) in [6.45, 7) is 0. The predicted octanol–water partition coefficient (Wildman–Crippen LogP) is 4.95. The smallest absolute Gasteiger partial charge is 0.419 e. The Hall–Kier alpha value is -2.31. The van der Waals surface area contributed by atoms with Crippen molar-refractivity contribution in [2.24, 2.45) is 0 Å². The molecule has 1 aromatic carbocycles. The minimum absolute atomic E-state index is 0.109. The molecule has 24 heavy (non-hydrogen) atoms. The van der Waals surface area contributed by atoms with Crippen molar-refractivity contribution < 1.29 is 17.9 Å². The Balaban J connectivity index is 1.65. The number of hydrogen-bond donors (Lipinski definition) is 1. The highest BCUT2D eigenvalue weighted by atomic mass is 19.4. The summed E-state index contributed by atoms with van der Waals surface area (Å²) in [6.07, 6.45) is 3.05. The van der Waals surface area contributed by atoms with E-state index in [2.05, 4.69) is 15.3 Å². The number of halogens is 3. The fourth-order valence-electron chi connectivity index (χ4n) is 2.69. The first kappa shape index (κ1) is 16.5. The molecule has 3 rings (SSSR count). The second-order valence-corrected chi connectivity index (χ2v) is 5.82. The van der Waals surface area contributed by atoms with E-state index in [1.54, 1.807) is 12.1 Å². The Morgan fingerprint density at radius 1 is 1.04 bits per heavy atom. The molecule has 0 atom stereocenters. The van der Waals surface area contributed by atoms with Crippen LogP contribution in [0.5, 0.6) is 5.75 Å². The van der Waals surface area contributed by atoms with E-state index in [9.17, 15) is 13.2 Å². The quantitative estimate of drug-likeness (QED) is 0.857. The van der Waals surface area contributed by atoms with Crippen molar-refractivity contribution in [3.8, 4) is 5.75 Å². The third kappa shape index (κ3) is 4.37. The van der Waals surface area contributed by atoms with Crippen molar-refractivity contribution >= 4 is 11.6 Å². The maximum Gasteiger partial charge on any atom is 0.419 e. The fraction of sp³-hybridized carbons (Fsp3) is 0.412. The highest BCUT2D eigenvalue weighted by Gasteiger charge is 2.31. The molecule has 0 amide bonds. The molecule has 0 unspecified atom stereocenters. The Morgan fingerprint density at radius 2 is 1.75 bits per heavy atom. The lowest BCUT2D eigenvalue weighted by Gasteiger charge is -2.23. The van der Waals surface area contributed by atoms with Gasteiger partial charge in [-0.3, -0.25) is 0 Å². The number of anilines is 2. The van der Waals surface area contributed by atoms with Gasteiger partial charge in [0, 0.05) is 24.1 Å². The highest BCUT2D eigenvalue weighted by molar-refractivity contribution is 5.55. The largest absolute Gasteiger partial charge is 0.490 e. The van der Waals surface area contributed by atoms with E-state index in [4.69, 9.17) is 4.74 Å². The molecule has 0 radical (unpaired) electrons. The van der Waals surface area contributed by atoms with Gasteiger partial charge in [0.1, 0.15) is 5.75 Å². The van der Waals surface area contributed by atoms with Crippen molar-refractivity contribution in [2.45, 2.75) is 44.4 Å². The second kappa shape index (κ2) is 7.07. The zero-order chi connectivity index (χ0) is 17.0. The lowest BCUT2D eigenvalue weighted by atomic mass is 9.98. The first-order valence-corrected chi connectivity index (χ1v) is 7.94. The summed E-state index contributed by atoms with van der Waals surface area (Å²) < 4.78 is 43.5. The maximum atomic E-state index is 12.5. The summed E-state index contributed by atoms with van der Waals surface area (Å²) in [7, 11) is 0. The van der Waals surface area contributed by atoms with Gasteiger partial charge in [-0.05, 0) is 37.8 Å². The summed E-state index contributed by atoms with van der Waals surface area (Å²) in [5.41, 5.74) is -0.203. The average Bonchev–Trinajstić information content (AvgIpc) is 2.56. The number of alkyl halides is 3. The number of hydrogen-bond acceptors (Lipinski definition) is 4. The van der Waals surface area contributed by atoms with Crippen LogP contribution >= 0.6 is 0 Å². The van der Waals surface area contributed by atoms with Crippen LogP contribution in [-0.4, -0.2) is 16.1 Å². The number of aromatic nitrogens is 2. The van der Waals surface area contributed by atoms with Gasteiger partial charge in [-0.1, -0.05) is 12.5 Å². The highest BCUT2D eigenvalue weighted by Crippen LogP contribution is 2.29. The minimum Gasteiger partial charge on any atom is -0.490 e. The van der Waals surface area contributed by atoms with Crippen molar-refractivity contribution in [1.82, 2.24) is 9.97 Å². The van der Waals surface area contributed by atoms with Crippen LogP contribution < -0.4 is 10.1 Å². The molecule has 1 aromatic heterocycles. The Kier molecular flexibility index (Phi) is 4.87. The molecule has 1 fully saturated rings. The van der Waals surface area contributed by atoms with Crippen molar-refractivity contribution in [1.29, 1.82) is 0 Å². The maximum absolute atomic E-state index is 12.5. The van der Waals surface area contributed by atoms with Crippen LogP contribution in [0.15, 0.2) is 36.7 Å². The predicted molar refractivity (Wildman–Crippen MR) is 84.3 cm³/mol. The molecule has 1 N–H and O–H groups in total. The third-order valence-electron chi connectivity index (χ3n) is 3.92. The molecule has 0 spiro atoms. The molecule has 4 nitrogen and oxygen atoms in total. The number of benzene rings is 1. The van der Waals surface area contributed by atoms with Crippen LogP contribution in [0, 0.1) is 0 Å². The first-order chi connectivity index (χ1) is 11.5. The van der Waals surface area contributed by atoms with E-state index in [0.29, 0.717) is 5.69 Å². The van der Waals surface area contributed by atoms with Gasteiger partial charge in [0.25, 0.3) is 0 Å². The molecule has 0 aliphatic heterocycles. The topological polar surface area (TPSA) is 47.0 Å². The van der Waals surface area contributed by atoms with E-state index in [0.717, 1.165) is 31.0 Å². The van der Waals surface area contributed by atoms with Crippen molar-refractivity contribution in [2.75, 3.05) is 5.32 Å². The van der Waals surface area contributed by atoms with Crippen LogP contribution in [0.2, 0.25) is 0 Å². The fourth-order valence-corrected chi connectivity index (χ4v) is 2.69. The summed E-state index contributed by atoms with van der Waals surface area (Å²) in [5.74, 6) is 0.844. The molecular weight excluding hydrogens is 319 g/mol. The first-order valence-electron chi connectivity index (χ1n) is 7.94. The lowest BCUT2D eigenvalue weighted by molar-refractivity contribution is -0.138. The normalized spacial score (nSPS) is 16.0. The second-order valence-electron chi connectivity index (χ2n) is 5.82. The van der Waals surface area contributed by atoms with E-state index in [1.807, 2.05) is 12.1 Å². The van der Waals surface area contributed by atoms with Gasteiger partial charge in [0.15, 0.2) is 0 Å². The van der Waals surface area contributed by atoms with Gasteiger partial charge in [-0.15, -0.1) is 0 Å². The van der Waals surface area contributed by atoms with Gasteiger partial charge < -0.3 is 10.1 Å². The zero-order valence-corrected chi connectivity index (χ0v) is 13.0. The summed E-state index contributed by atoms with van der Waals surface area (Å²) in [4.78, 5) is 7.41. The number of nitrogens with zero attached hydrogens (tertiary/aromatic N) is 2. The van der Waals surface area contributed by atoms with Crippen molar-refractivity contribution in [3.63, 3.8) is 0 Å².